The van der Waals surface area contributed by atoms with E-state index in [0.717, 1.165) is 77.0 Å². The first-order valence-electron chi connectivity index (χ1n) is 15.2. The molecule has 0 aliphatic carbocycles. The lowest BCUT2D eigenvalue weighted by atomic mass is 10.0. The topological polar surface area (TPSA) is 69.1 Å². The van der Waals surface area contributed by atoms with Gasteiger partial charge in [0.2, 0.25) is 0 Å². The molecule has 0 spiro atoms. The van der Waals surface area contributed by atoms with E-state index in [9.17, 15) is 0 Å². The van der Waals surface area contributed by atoms with E-state index in [4.69, 9.17) is 24.4 Å². The number of para-hydroxylation sites is 2. The summed E-state index contributed by atoms with van der Waals surface area (Å²) in [5, 5.41) is 5.47. The Labute approximate surface area is 262 Å². The van der Waals surface area contributed by atoms with E-state index < -0.39 is 0 Å². The minimum absolute atomic E-state index is 0.595. The van der Waals surface area contributed by atoms with Gasteiger partial charge >= 0.3 is 0 Å². The second kappa shape index (κ2) is 9.55. The van der Waals surface area contributed by atoms with Crippen LogP contribution in [0.15, 0.2) is 144 Å². The van der Waals surface area contributed by atoms with E-state index in [1.165, 1.54) is 0 Å². The fourth-order valence-corrected chi connectivity index (χ4v) is 6.65. The molecule has 214 valence electrons. The van der Waals surface area contributed by atoms with Gasteiger partial charge in [0.25, 0.3) is 0 Å². The number of hydrogen-bond acceptors (Lipinski definition) is 5. The SMILES string of the molecule is c1ccc(-c2nc(-c3ccccc3)nc(-c3ccc4c(c3)oc3cc5c6ccccc6c6nc7ccccc7n6c5cc34)n2)cc1. The maximum Gasteiger partial charge on any atom is 0.164 e. The van der Waals surface area contributed by atoms with Gasteiger partial charge in [-0.2, -0.15) is 0 Å². The number of aromatic nitrogens is 5. The third kappa shape index (κ3) is 3.70. The van der Waals surface area contributed by atoms with E-state index in [1.54, 1.807) is 0 Å². The van der Waals surface area contributed by atoms with Crippen LogP contribution in [0.25, 0.3) is 94.5 Å². The van der Waals surface area contributed by atoms with Crippen LogP contribution in [0.2, 0.25) is 0 Å². The van der Waals surface area contributed by atoms with Crippen LogP contribution in [0.4, 0.5) is 0 Å². The standard InChI is InChI=1S/C40H23N5O/c1-3-11-24(12-4-1)37-42-38(25-13-5-2-6-14-25)44-39(43-37)26-19-20-28-31-22-34-30(23-36(31)46-35(28)21-26)27-15-7-8-16-29(27)40-41-32-17-9-10-18-33(32)45(34)40/h1-23H. The number of benzene rings is 6. The van der Waals surface area contributed by atoms with Gasteiger partial charge in [0.05, 0.1) is 16.6 Å². The van der Waals surface area contributed by atoms with Crippen molar-refractivity contribution in [2.45, 2.75) is 0 Å². The normalized spacial score (nSPS) is 11.9. The highest BCUT2D eigenvalue weighted by atomic mass is 16.3. The van der Waals surface area contributed by atoms with Crippen LogP contribution in [0.5, 0.6) is 0 Å². The van der Waals surface area contributed by atoms with E-state index in [2.05, 4.69) is 71.1 Å². The number of furan rings is 1. The molecule has 4 aromatic heterocycles. The van der Waals surface area contributed by atoms with E-state index >= 15 is 0 Å². The number of fused-ring (bicyclic) bond motifs is 11. The van der Waals surface area contributed by atoms with Gasteiger partial charge in [0.1, 0.15) is 16.8 Å². The third-order valence-electron chi connectivity index (χ3n) is 8.81. The lowest BCUT2D eigenvalue weighted by Gasteiger charge is -2.09. The first-order valence-corrected chi connectivity index (χ1v) is 15.2. The predicted octanol–water partition coefficient (Wildman–Crippen LogP) is 9.88. The molecule has 0 bridgehead atoms. The second-order valence-electron chi connectivity index (χ2n) is 11.5. The Kier molecular flexibility index (Phi) is 5.19. The molecule has 0 aliphatic heterocycles. The Morgan fingerprint density at radius 3 is 1.74 bits per heavy atom. The van der Waals surface area contributed by atoms with Crippen molar-refractivity contribution < 1.29 is 4.42 Å². The van der Waals surface area contributed by atoms with Crippen LogP contribution in [0.1, 0.15) is 0 Å². The molecule has 4 heterocycles. The van der Waals surface area contributed by atoms with Crippen LogP contribution in [0.3, 0.4) is 0 Å². The Hall–Kier alpha value is -6.40. The van der Waals surface area contributed by atoms with Crippen molar-refractivity contribution in [2.24, 2.45) is 0 Å². The zero-order valence-electron chi connectivity index (χ0n) is 24.4. The summed E-state index contributed by atoms with van der Waals surface area (Å²) >= 11 is 0. The minimum Gasteiger partial charge on any atom is -0.456 e. The molecule has 6 aromatic carbocycles. The first kappa shape index (κ1) is 25.0. The zero-order valence-corrected chi connectivity index (χ0v) is 24.4. The fraction of sp³-hybridized carbons (Fsp3) is 0. The van der Waals surface area contributed by atoms with Crippen LogP contribution in [-0.4, -0.2) is 24.3 Å². The average molecular weight is 590 g/mol. The predicted molar refractivity (Wildman–Crippen MR) is 185 cm³/mol. The molecule has 46 heavy (non-hydrogen) atoms. The lowest BCUT2D eigenvalue weighted by Crippen LogP contribution is -2.00. The molecule has 0 aliphatic rings. The molecule has 0 radical (unpaired) electrons. The smallest absolute Gasteiger partial charge is 0.164 e. The Bertz CT molecular complexity index is 2740. The van der Waals surface area contributed by atoms with Crippen LogP contribution in [0, 0.1) is 0 Å². The molecule has 0 N–H and O–H groups in total. The third-order valence-corrected chi connectivity index (χ3v) is 8.81. The van der Waals surface area contributed by atoms with Gasteiger partial charge < -0.3 is 4.42 Å². The summed E-state index contributed by atoms with van der Waals surface area (Å²) in [5.41, 5.74) is 8.46. The monoisotopic (exact) mass is 589 g/mol. The molecule has 0 saturated carbocycles. The maximum atomic E-state index is 6.59. The summed E-state index contributed by atoms with van der Waals surface area (Å²) in [6.07, 6.45) is 0. The van der Waals surface area contributed by atoms with Crippen molar-refractivity contribution in [2.75, 3.05) is 0 Å². The highest BCUT2D eigenvalue weighted by molar-refractivity contribution is 6.19. The van der Waals surface area contributed by atoms with Gasteiger partial charge in [-0.1, -0.05) is 103 Å². The molecule has 0 fully saturated rings. The van der Waals surface area contributed by atoms with Crippen LogP contribution < -0.4 is 0 Å². The van der Waals surface area contributed by atoms with E-state index in [0.29, 0.717) is 17.5 Å². The molecule has 10 rings (SSSR count). The van der Waals surface area contributed by atoms with Crippen LogP contribution >= 0.6 is 0 Å². The summed E-state index contributed by atoms with van der Waals surface area (Å²) in [4.78, 5) is 19.7. The van der Waals surface area contributed by atoms with Crippen molar-refractivity contribution in [3.8, 4) is 34.2 Å². The van der Waals surface area contributed by atoms with Crippen molar-refractivity contribution in [3.05, 3.63) is 140 Å². The van der Waals surface area contributed by atoms with Gasteiger partial charge in [0.15, 0.2) is 17.5 Å². The summed E-state index contributed by atoms with van der Waals surface area (Å²) in [6, 6.07) is 47.5. The molecule has 6 nitrogen and oxygen atoms in total. The Balaban J connectivity index is 1.21. The largest absolute Gasteiger partial charge is 0.456 e. The van der Waals surface area contributed by atoms with Crippen molar-refractivity contribution in [3.63, 3.8) is 0 Å². The van der Waals surface area contributed by atoms with Gasteiger partial charge in [-0.3, -0.25) is 4.40 Å². The molecule has 0 atom stereocenters. The molecule has 0 unspecified atom stereocenters. The maximum absolute atomic E-state index is 6.59. The summed E-state index contributed by atoms with van der Waals surface area (Å²) in [6.45, 7) is 0. The quantitative estimate of drug-likeness (QED) is 0.192. The van der Waals surface area contributed by atoms with Crippen molar-refractivity contribution in [1.82, 2.24) is 24.3 Å². The van der Waals surface area contributed by atoms with Gasteiger partial charge in [-0.15, -0.1) is 0 Å². The zero-order chi connectivity index (χ0) is 30.2. The molecule has 10 aromatic rings. The molecular weight excluding hydrogens is 566 g/mol. The highest BCUT2D eigenvalue weighted by Crippen LogP contribution is 2.39. The average Bonchev–Trinajstić information content (AvgIpc) is 3.70. The number of nitrogens with zero attached hydrogens (tertiary/aromatic N) is 5. The summed E-state index contributed by atoms with van der Waals surface area (Å²) in [5.74, 6) is 1.85. The Morgan fingerprint density at radius 2 is 1.00 bits per heavy atom. The summed E-state index contributed by atoms with van der Waals surface area (Å²) in [7, 11) is 0. The van der Waals surface area contributed by atoms with E-state index in [1.807, 2.05) is 72.8 Å². The van der Waals surface area contributed by atoms with Gasteiger partial charge in [0, 0.05) is 38.2 Å². The lowest BCUT2D eigenvalue weighted by molar-refractivity contribution is 0.669. The summed E-state index contributed by atoms with van der Waals surface area (Å²) < 4.78 is 8.86. The second-order valence-corrected chi connectivity index (χ2v) is 11.5. The van der Waals surface area contributed by atoms with Crippen molar-refractivity contribution >= 4 is 60.3 Å². The Morgan fingerprint density at radius 1 is 0.391 bits per heavy atom. The van der Waals surface area contributed by atoms with Crippen molar-refractivity contribution in [1.29, 1.82) is 0 Å². The number of imidazole rings is 1. The number of rotatable bonds is 3. The first-order chi connectivity index (χ1) is 22.8. The van der Waals surface area contributed by atoms with Gasteiger partial charge in [-0.25, -0.2) is 19.9 Å². The number of pyridine rings is 1. The highest BCUT2D eigenvalue weighted by Gasteiger charge is 2.18. The van der Waals surface area contributed by atoms with Gasteiger partial charge in [-0.05, 0) is 41.8 Å². The van der Waals surface area contributed by atoms with Crippen LogP contribution in [-0.2, 0) is 0 Å². The number of hydrogen-bond donors (Lipinski definition) is 0. The van der Waals surface area contributed by atoms with E-state index in [-0.39, 0.29) is 0 Å². The molecule has 0 amide bonds. The molecule has 0 saturated heterocycles. The fourth-order valence-electron chi connectivity index (χ4n) is 6.65. The molecule has 6 heteroatoms. The molecular formula is C40H23N5O. The minimum atomic E-state index is 0.595.